The van der Waals surface area contributed by atoms with Gasteiger partial charge in [-0.2, -0.15) is 0 Å². The predicted molar refractivity (Wildman–Crippen MR) is 159 cm³/mol. The maximum absolute atomic E-state index is 7.10. The van der Waals surface area contributed by atoms with Crippen LogP contribution in [0, 0.1) is 23.7 Å². The highest BCUT2D eigenvalue weighted by Gasteiger charge is 2.62. The topological polar surface area (TPSA) is 31.6 Å². The number of rotatable bonds is 6. The summed E-state index contributed by atoms with van der Waals surface area (Å²) in [7, 11) is -0.463. The molecule has 0 radical (unpaired) electrons. The summed E-state index contributed by atoms with van der Waals surface area (Å²) in [5, 5.41) is 2.40. The molecule has 0 N–H and O–H groups in total. The van der Waals surface area contributed by atoms with Crippen molar-refractivity contribution in [2.24, 2.45) is 23.7 Å². The summed E-state index contributed by atoms with van der Waals surface area (Å²) >= 11 is 0. The Morgan fingerprint density at radius 1 is 0.821 bits per heavy atom. The Hall–Kier alpha value is -2.56. The van der Waals surface area contributed by atoms with Crippen LogP contribution >= 0.6 is 0 Å². The second-order valence-corrected chi connectivity index (χ2v) is 13.4. The monoisotopic (exact) mass is 518 g/mol. The van der Waals surface area contributed by atoms with Gasteiger partial charge in [0.15, 0.2) is 0 Å². The molecule has 4 bridgehead atoms. The maximum atomic E-state index is 7.10. The van der Waals surface area contributed by atoms with E-state index in [1.165, 1.54) is 59.6 Å². The van der Waals surface area contributed by atoms with E-state index in [-0.39, 0.29) is 11.0 Å². The highest BCUT2D eigenvalue weighted by molar-refractivity contribution is 6.64. The van der Waals surface area contributed by atoms with Gasteiger partial charge in [0.05, 0.1) is 0 Å². The molecule has 1 spiro atoms. The van der Waals surface area contributed by atoms with E-state index in [1.54, 1.807) is 5.56 Å². The van der Waals surface area contributed by atoms with Gasteiger partial charge in [-0.05, 0) is 106 Å². The van der Waals surface area contributed by atoms with E-state index in [1.807, 2.05) is 6.92 Å². The van der Waals surface area contributed by atoms with Crippen LogP contribution in [0.1, 0.15) is 77.3 Å². The van der Waals surface area contributed by atoms with Gasteiger partial charge in [-0.3, -0.25) is 0 Å². The van der Waals surface area contributed by atoms with Crippen LogP contribution in [-0.4, -0.2) is 19.3 Å². The fourth-order valence-corrected chi connectivity index (χ4v) is 9.41. The molecule has 39 heavy (non-hydrogen) atoms. The number of hydrogen-bond acceptors (Lipinski definition) is 3. The van der Waals surface area contributed by atoms with Gasteiger partial charge in [-0.25, -0.2) is 0 Å². The highest BCUT2D eigenvalue weighted by Crippen LogP contribution is 2.70. The number of para-hydroxylation sites is 1. The van der Waals surface area contributed by atoms with Crippen LogP contribution in [-0.2, 0) is 14.7 Å². The van der Waals surface area contributed by atoms with E-state index >= 15 is 0 Å². The zero-order chi connectivity index (χ0) is 26.5. The first-order valence-electron chi connectivity index (χ1n) is 15.3. The van der Waals surface area contributed by atoms with Crippen molar-refractivity contribution in [3.05, 3.63) is 65.7 Å². The summed E-state index contributed by atoms with van der Waals surface area (Å²) < 4.78 is 19.9. The first kappa shape index (κ1) is 24.3. The minimum Gasteiger partial charge on any atom is -0.456 e. The van der Waals surface area contributed by atoms with Crippen LogP contribution in [0.3, 0.4) is 0 Å². The van der Waals surface area contributed by atoms with Gasteiger partial charge in [0.2, 0.25) is 0 Å². The van der Waals surface area contributed by atoms with Crippen molar-refractivity contribution < 1.29 is 13.7 Å². The van der Waals surface area contributed by atoms with Crippen molar-refractivity contribution in [3.8, 4) is 11.1 Å². The Bertz CT molecular complexity index is 1570. The van der Waals surface area contributed by atoms with E-state index in [2.05, 4.69) is 75.4 Å². The quantitative estimate of drug-likeness (QED) is 0.241. The molecular weight excluding hydrogens is 479 g/mol. The number of hydrogen-bond donors (Lipinski definition) is 0. The molecule has 3 nitrogen and oxygen atoms in total. The van der Waals surface area contributed by atoms with Gasteiger partial charge < -0.3 is 13.7 Å². The third-order valence-corrected chi connectivity index (χ3v) is 11.0. The number of benzene rings is 3. The SMILES string of the molecule is CCOB(OC(C)(C)CC)c1cccc2c1oc1c3c(ccc12)-c1ccccc1C31C2CC3CC(C2)CC1C3. The molecule has 4 fully saturated rings. The van der Waals surface area contributed by atoms with Gasteiger partial charge in [-0.15, -0.1) is 0 Å². The molecule has 4 saturated carbocycles. The smallest absolute Gasteiger partial charge is 0.456 e. The lowest BCUT2D eigenvalue weighted by Crippen LogP contribution is -2.55. The highest BCUT2D eigenvalue weighted by atomic mass is 16.6. The molecule has 4 aromatic rings. The third-order valence-electron chi connectivity index (χ3n) is 11.0. The minimum atomic E-state index is -0.463. The second-order valence-electron chi connectivity index (χ2n) is 13.4. The summed E-state index contributed by atoms with van der Waals surface area (Å²) in [6.45, 7) is 9.06. The maximum Gasteiger partial charge on any atom is 0.498 e. The standard InChI is InChI=1S/C35H39BO3/c1-5-34(3,4)39-36(37-6-2)30-13-9-11-27-28-15-14-26-25-10-7-8-12-29(25)35(31(26)33(28)38-32(27)30)23-17-21-16-22(19-23)20-24(35)18-21/h7-15,21-24H,5-6,16-20H2,1-4H3. The molecular formula is C35H39BO3. The summed E-state index contributed by atoms with van der Waals surface area (Å²) in [4.78, 5) is 0. The van der Waals surface area contributed by atoms with Gasteiger partial charge >= 0.3 is 7.12 Å². The molecule has 200 valence electrons. The number of fused-ring (bicyclic) bond motifs is 7. The lowest BCUT2D eigenvalue weighted by Gasteiger charge is -2.61. The molecule has 5 aliphatic carbocycles. The lowest BCUT2D eigenvalue weighted by atomic mass is 9.43. The second kappa shape index (κ2) is 8.47. The lowest BCUT2D eigenvalue weighted by molar-refractivity contribution is -0.0396. The van der Waals surface area contributed by atoms with E-state index in [0.717, 1.165) is 34.9 Å². The molecule has 4 heteroatoms. The zero-order valence-electron chi connectivity index (χ0n) is 23.8. The van der Waals surface area contributed by atoms with Crippen LogP contribution in [0.4, 0.5) is 0 Å². The van der Waals surface area contributed by atoms with E-state index in [4.69, 9.17) is 13.7 Å². The molecule has 5 aliphatic rings. The van der Waals surface area contributed by atoms with E-state index in [0.29, 0.717) is 18.4 Å². The summed E-state index contributed by atoms with van der Waals surface area (Å²) in [6.07, 6.45) is 7.85. The fraction of sp³-hybridized carbons (Fsp3) is 0.486. The van der Waals surface area contributed by atoms with Gasteiger partial charge in [0.1, 0.15) is 11.2 Å². The zero-order valence-corrected chi connectivity index (χ0v) is 23.8. The average molecular weight is 519 g/mol. The Kier molecular flexibility index (Phi) is 5.27. The van der Waals surface area contributed by atoms with Crippen molar-refractivity contribution >= 4 is 34.5 Å². The molecule has 9 rings (SSSR count). The van der Waals surface area contributed by atoms with Crippen LogP contribution in [0.2, 0.25) is 0 Å². The molecule has 0 atom stereocenters. The molecule has 0 saturated heterocycles. The van der Waals surface area contributed by atoms with Crippen molar-refractivity contribution in [3.63, 3.8) is 0 Å². The van der Waals surface area contributed by atoms with Crippen molar-refractivity contribution in [1.82, 2.24) is 0 Å². The Morgan fingerprint density at radius 3 is 2.26 bits per heavy atom. The molecule has 0 unspecified atom stereocenters. The van der Waals surface area contributed by atoms with Gasteiger partial charge in [-0.1, -0.05) is 55.5 Å². The molecule has 1 heterocycles. The summed E-state index contributed by atoms with van der Waals surface area (Å²) in [5.41, 5.74) is 8.69. The van der Waals surface area contributed by atoms with Crippen molar-refractivity contribution in [2.45, 2.75) is 77.2 Å². The van der Waals surface area contributed by atoms with E-state index in [9.17, 15) is 0 Å². The molecule has 1 aromatic heterocycles. The minimum absolute atomic E-state index is 0.0763. The normalized spacial score (nSPS) is 28.5. The van der Waals surface area contributed by atoms with Crippen LogP contribution in [0.15, 0.2) is 59.0 Å². The molecule has 0 aliphatic heterocycles. The first-order valence-corrected chi connectivity index (χ1v) is 15.3. The largest absolute Gasteiger partial charge is 0.498 e. The Morgan fingerprint density at radius 2 is 1.54 bits per heavy atom. The fourth-order valence-electron chi connectivity index (χ4n) is 9.41. The van der Waals surface area contributed by atoms with E-state index < -0.39 is 7.12 Å². The average Bonchev–Trinajstić information content (AvgIpc) is 3.45. The Labute approximate surface area is 232 Å². The Balaban J connectivity index is 1.39. The molecule has 0 amide bonds. The summed E-state index contributed by atoms with van der Waals surface area (Å²) in [6, 6.07) is 20.5. The van der Waals surface area contributed by atoms with Gasteiger partial charge in [0.25, 0.3) is 0 Å². The third kappa shape index (κ3) is 3.25. The van der Waals surface area contributed by atoms with Crippen molar-refractivity contribution in [1.29, 1.82) is 0 Å². The van der Waals surface area contributed by atoms with Crippen LogP contribution in [0.5, 0.6) is 0 Å². The van der Waals surface area contributed by atoms with Crippen molar-refractivity contribution in [2.75, 3.05) is 6.61 Å². The first-order chi connectivity index (χ1) is 18.9. The molecule has 3 aromatic carbocycles. The summed E-state index contributed by atoms with van der Waals surface area (Å²) in [5.74, 6) is 3.25. The van der Waals surface area contributed by atoms with Crippen LogP contribution < -0.4 is 5.46 Å². The predicted octanol–water partition coefficient (Wildman–Crippen LogP) is 8.25. The van der Waals surface area contributed by atoms with Gasteiger partial charge in [0, 0.05) is 39.4 Å². The van der Waals surface area contributed by atoms with Crippen LogP contribution in [0.25, 0.3) is 33.1 Å². The number of furan rings is 1.